The normalized spacial score (nSPS) is 22.6. The number of Topliss-reactive ketones (excluding diaryl/α,β-unsaturated/α-hetero) is 1. The molecule has 2 nitrogen and oxygen atoms in total. The molecule has 0 aliphatic heterocycles. The van der Waals surface area contributed by atoms with E-state index in [4.69, 9.17) is 0 Å². The summed E-state index contributed by atoms with van der Waals surface area (Å²) in [6.45, 7) is 4.14. The van der Waals surface area contributed by atoms with Crippen molar-refractivity contribution >= 4 is 11.5 Å². The molecule has 0 radical (unpaired) electrons. The number of carbonyl (C=O) groups is 1. The van der Waals surface area contributed by atoms with Crippen LogP contribution in [0.2, 0.25) is 0 Å². The highest BCUT2D eigenvalue weighted by molar-refractivity contribution is 6.05. The van der Waals surface area contributed by atoms with Gasteiger partial charge in [-0.25, -0.2) is 0 Å². The van der Waals surface area contributed by atoms with E-state index in [0.29, 0.717) is 0 Å². The Morgan fingerprint density at radius 2 is 1.70 bits per heavy atom. The number of hydrogen-bond acceptors (Lipinski definition) is 2. The molecule has 118 valence electrons. The quantitative estimate of drug-likeness (QED) is 0.770. The van der Waals surface area contributed by atoms with Gasteiger partial charge in [0.2, 0.25) is 0 Å². The lowest BCUT2D eigenvalue weighted by Crippen LogP contribution is -2.27. The largest absolute Gasteiger partial charge is 0.351 e. The zero-order chi connectivity index (χ0) is 16.4. The van der Waals surface area contributed by atoms with Gasteiger partial charge in [0.25, 0.3) is 0 Å². The zero-order valence-corrected chi connectivity index (χ0v) is 14.0. The summed E-state index contributed by atoms with van der Waals surface area (Å²) in [6, 6.07) is 18.5. The molecule has 0 aromatic heterocycles. The van der Waals surface area contributed by atoms with Crippen LogP contribution in [-0.4, -0.2) is 12.8 Å². The van der Waals surface area contributed by atoms with Crippen LogP contribution in [0.5, 0.6) is 0 Å². The van der Waals surface area contributed by atoms with Crippen molar-refractivity contribution in [2.75, 3.05) is 11.9 Å². The van der Waals surface area contributed by atoms with E-state index in [1.54, 1.807) is 0 Å². The highest BCUT2D eigenvalue weighted by Crippen LogP contribution is 2.41. The van der Waals surface area contributed by atoms with Crippen molar-refractivity contribution in [3.05, 3.63) is 77.5 Å². The average Bonchev–Trinajstić information content (AvgIpc) is 2.86. The zero-order valence-electron chi connectivity index (χ0n) is 14.0. The number of nitrogens with zero attached hydrogens (tertiary/aromatic N) is 1. The molecule has 1 atom stereocenters. The molecule has 23 heavy (non-hydrogen) atoms. The number of anilines is 1. The Morgan fingerprint density at radius 1 is 1.04 bits per heavy atom. The van der Waals surface area contributed by atoms with E-state index in [9.17, 15) is 4.79 Å². The van der Waals surface area contributed by atoms with Crippen molar-refractivity contribution in [1.29, 1.82) is 0 Å². The molecule has 0 spiro atoms. The van der Waals surface area contributed by atoms with Crippen LogP contribution < -0.4 is 4.90 Å². The summed E-state index contributed by atoms with van der Waals surface area (Å²) < 4.78 is 0. The molecule has 1 unspecified atom stereocenters. The second-order valence-electron chi connectivity index (χ2n) is 6.63. The molecule has 1 fully saturated rings. The molecule has 2 aromatic rings. The van der Waals surface area contributed by atoms with Crippen LogP contribution >= 0.6 is 0 Å². The summed E-state index contributed by atoms with van der Waals surface area (Å²) in [5.74, 6) is 0.254. The first-order valence-electron chi connectivity index (χ1n) is 8.11. The molecule has 0 bridgehead atoms. The maximum atomic E-state index is 13.0. The minimum absolute atomic E-state index is 0.254. The molecule has 1 aliphatic carbocycles. The van der Waals surface area contributed by atoms with Crippen molar-refractivity contribution in [3.63, 3.8) is 0 Å². The molecule has 2 aromatic carbocycles. The maximum Gasteiger partial charge on any atom is 0.170 e. The standard InChI is InChI=1S/C21H23NO/c1-16-9-11-18(12-10-16)21(2)14-13-17(20(21)23)15-22(3)19-7-5-4-6-8-19/h4-12,15H,13-14H2,1-3H3/b17-15+. The summed E-state index contributed by atoms with van der Waals surface area (Å²) in [5.41, 5.74) is 3.97. The first-order valence-corrected chi connectivity index (χ1v) is 8.11. The lowest BCUT2D eigenvalue weighted by molar-refractivity contribution is -0.118. The van der Waals surface area contributed by atoms with Gasteiger partial charge in [-0.2, -0.15) is 0 Å². The molecule has 0 amide bonds. The number of para-hydroxylation sites is 1. The first kappa shape index (κ1) is 15.5. The van der Waals surface area contributed by atoms with Crippen LogP contribution in [0.3, 0.4) is 0 Å². The maximum absolute atomic E-state index is 13.0. The number of rotatable bonds is 3. The minimum atomic E-state index is -0.392. The van der Waals surface area contributed by atoms with Gasteiger partial charge in [-0.15, -0.1) is 0 Å². The number of ketones is 1. The van der Waals surface area contributed by atoms with Gasteiger partial charge in [0, 0.05) is 24.5 Å². The van der Waals surface area contributed by atoms with E-state index in [1.807, 2.05) is 36.3 Å². The van der Waals surface area contributed by atoms with Gasteiger partial charge in [0.05, 0.1) is 5.41 Å². The Morgan fingerprint density at radius 3 is 2.35 bits per heavy atom. The number of benzene rings is 2. The third-order valence-corrected chi connectivity index (χ3v) is 4.89. The van der Waals surface area contributed by atoms with Crippen LogP contribution in [0.15, 0.2) is 66.4 Å². The van der Waals surface area contributed by atoms with E-state index >= 15 is 0 Å². The Labute approximate surface area is 138 Å². The molecule has 2 heteroatoms. The molecule has 0 heterocycles. The summed E-state index contributed by atoms with van der Waals surface area (Å²) in [6.07, 6.45) is 3.71. The van der Waals surface area contributed by atoms with Gasteiger partial charge in [0.1, 0.15) is 0 Å². The molecular formula is C21H23NO. The number of carbonyl (C=O) groups excluding carboxylic acids is 1. The Balaban J connectivity index is 1.86. The Bertz CT molecular complexity index is 730. The highest BCUT2D eigenvalue weighted by Gasteiger charge is 2.42. The van der Waals surface area contributed by atoms with Crippen LogP contribution in [0, 0.1) is 6.92 Å². The van der Waals surface area contributed by atoms with Crippen LogP contribution in [0.1, 0.15) is 30.9 Å². The highest BCUT2D eigenvalue weighted by atomic mass is 16.1. The monoisotopic (exact) mass is 305 g/mol. The average molecular weight is 305 g/mol. The number of hydrogen-bond donors (Lipinski definition) is 0. The van der Waals surface area contributed by atoms with E-state index in [-0.39, 0.29) is 5.78 Å². The first-order chi connectivity index (χ1) is 11.0. The van der Waals surface area contributed by atoms with Gasteiger partial charge in [-0.3, -0.25) is 4.79 Å². The summed E-state index contributed by atoms with van der Waals surface area (Å²) >= 11 is 0. The van der Waals surface area contributed by atoms with E-state index in [2.05, 4.69) is 50.2 Å². The van der Waals surface area contributed by atoms with E-state index in [1.165, 1.54) is 5.56 Å². The predicted molar refractivity (Wildman–Crippen MR) is 95.7 cm³/mol. The summed E-state index contributed by atoms with van der Waals surface area (Å²) in [5, 5.41) is 0. The lowest BCUT2D eigenvalue weighted by atomic mass is 9.79. The fourth-order valence-electron chi connectivity index (χ4n) is 3.26. The van der Waals surface area contributed by atoms with Crippen molar-refractivity contribution in [3.8, 4) is 0 Å². The van der Waals surface area contributed by atoms with E-state index in [0.717, 1.165) is 29.7 Å². The SMILES string of the molecule is Cc1ccc(C2(C)CC/C(=C\N(C)c3ccccc3)C2=O)cc1. The van der Waals surface area contributed by atoms with Gasteiger partial charge in [-0.05, 0) is 44.4 Å². The fraction of sp³-hybridized carbons (Fsp3) is 0.286. The summed E-state index contributed by atoms with van der Waals surface area (Å²) in [4.78, 5) is 15.0. The smallest absolute Gasteiger partial charge is 0.170 e. The molecule has 3 rings (SSSR count). The summed E-state index contributed by atoms with van der Waals surface area (Å²) in [7, 11) is 2.00. The van der Waals surface area contributed by atoms with Crippen molar-refractivity contribution in [2.24, 2.45) is 0 Å². The van der Waals surface area contributed by atoms with Gasteiger partial charge in [0.15, 0.2) is 5.78 Å². The van der Waals surface area contributed by atoms with Crippen molar-refractivity contribution in [1.82, 2.24) is 0 Å². The second-order valence-corrected chi connectivity index (χ2v) is 6.63. The van der Waals surface area contributed by atoms with Gasteiger partial charge >= 0.3 is 0 Å². The molecular weight excluding hydrogens is 282 g/mol. The van der Waals surface area contributed by atoms with Crippen LogP contribution in [-0.2, 0) is 10.2 Å². The lowest BCUT2D eigenvalue weighted by Gasteiger charge is -2.22. The van der Waals surface area contributed by atoms with Crippen molar-refractivity contribution in [2.45, 2.75) is 32.1 Å². The number of allylic oxidation sites excluding steroid dienone is 1. The molecule has 0 N–H and O–H groups in total. The third-order valence-electron chi connectivity index (χ3n) is 4.89. The van der Waals surface area contributed by atoms with Crippen LogP contribution in [0.25, 0.3) is 0 Å². The predicted octanol–water partition coefficient (Wildman–Crippen LogP) is 4.64. The Hall–Kier alpha value is -2.35. The third kappa shape index (κ3) is 2.94. The topological polar surface area (TPSA) is 20.3 Å². The second kappa shape index (κ2) is 6.04. The van der Waals surface area contributed by atoms with E-state index < -0.39 is 5.41 Å². The molecule has 0 saturated heterocycles. The van der Waals surface area contributed by atoms with Crippen LogP contribution in [0.4, 0.5) is 5.69 Å². The Kier molecular flexibility index (Phi) is 4.08. The van der Waals surface area contributed by atoms with Gasteiger partial charge < -0.3 is 4.90 Å². The van der Waals surface area contributed by atoms with Crippen molar-refractivity contribution < 1.29 is 4.79 Å². The molecule has 1 aliphatic rings. The number of aryl methyl sites for hydroxylation is 1. The molecule has 1 saturated carbocycles. The fourth-order valence-corrected chi connectivity index (χ4v) is 3.26. The van der Waals surface area contributed by atoms with Gasteiger partial charge in [-0.1, -0.05) is 48.0 Å². The minimum Gasteiger partial charge on any atom is -0.351 e.